The van der Waals surface area contributed by atoms with Crippen LogP contribution < -0.4 is 15.7 Å². The van der Waals surface area contributed by atoms with Gasteiger partial charge in [-0.15, -0.1) is 0 Å². The maximum Gasteiger partial charge on any atom is 0.408 e. The number of esters is 1. The zero-order valence-corrected chi connectivity index (χ0v) is 17.3. The van der Waals surface area contributed by atoms with Crippen molar-refractivity contribution in [1.29, 1.82) is 0 Å². The van der Waals surface area contributed by atoms with Gasteiger partial charge in [-0.25, -0.2) is 14.4 Å². The summed E-state index contributed by atoms with van der Waals surface area (Å²) in [7, 11) is 0. The molecular weight excluding hydrogens is 362 g/mol. The first-order valence-electron chi connectivity index (χ1n) is 9.13. The van der Waals surface area contributed by atoms with E-state index in [4.69, 9.17) is 13.9 Å². The Morgan fingerprint density at radius 3 is 2.32 bits per heavy atom. The highest BCUT2D eigenvalue weighted by atomic mass is 16.6. The Bertz CT molecular complexity index is 952. The molecule has 2 aromatic rings. The number of ether oxygens (including phenoxy) is 2. The van der Waals surface area contributed by atoms with Crippen molar-refractivity contribution in [2.75, 3.05) is 0 Å². The Morgan fingerprint density at radius 1 is 1.11 bits per heavy atom. The van der Waals surface area contributed by atoms with Crippen LogP contribution in [0.5, 0.6) is 5.75 Å². The Kier molecular flexibility index (Phi) is 6.17. The van der Waals surface area contributed by atoms with E-state index in [0.29, 0.717) is 16.5 Å². The highest BCUT2D eigenvalue weighted by Gasteiger charge is 2.29. The Morgan fingerprint density at radius 2 is 1.75 bits per heavy atom. The highest BCUT2D eigenvalue weighted by molar-refractivity contribution is 5.91. The number of carbonyl (C=O) groups excluding carboxylic acids is 2. The SMILES string of the molecule is Cc1cc(OC(=O)[C@@H](NC(=O)OC(C)(C)C)C(C)C)c2c(C)cc(=O)oc2c1. The molecule has 0 aliphatic rings. The molecule has 0 aliphatic heterocycles. The molecule has 1 amide bonds. The number of carbonyl (C=O) groups is 2. The predicted octanol–water partition coefficient (Wildman–Crippen LogP) is 3.86. The third-order valence-electron chi connectivity index (χ3n) is 3.95. The molecular formula is C21H27NO6. The summed E-state index contributed by atoms with van der Waals surface area (Å²) in [4.78, 5) is 36.5. The van der Waals surface area contributed by atoms with E-state index in [1.807, 2.05) is 0 Å². The third-order valence-corrected chi connectivity index (χ3v) is 3.95. The number of amides is 1. The van der Waals surface area contributed by atoms with Gasteiger partial charge >= 0.3 is 17.7 Å². The van der Waals surface area contributed by atoms with E-state index >= 15 is 0 Å². The van der Waals surface area contributed by atoms with Crippen molar-refractivity contribution in [2.45, 2.75) is 60.1 Å². The molecule has 2 rings (SSSR count). The zero-order chi connectivity index (χ0) is 21.2. The summed E-state index contributed by atoms with van der Waals surface area (Å²) in [6, 6.07) is 3.84. The summed E-state index contributed by atoms with van der Waals surface area (Å²) in [6.07, 6.45) is -0.695. The van der Waals surface area contributed by atoms with Gasteiger partial charge in [-0.2, -0.15) is 0 Å². The van der Waals surface area contributed by atoms with Crippen molar-refractivity contribution < 1.29 is 23.5 Å². The van der Waals surface area contributed by atoms with E-state index in [2.05, 4.69) is 5.32 Å². The van der Waals surface area contributed by atoms with Gasteiger partial charge < -0.3 is 19.2 Å². The fraction of sp³-hybridized carbons (Fsp3) is 0.476. The zero-order valence-electron chi connectivity index (χ0n) is 17.3. The second-order valence-electron chi connectivity index (χ2n) is 8.17. The standard InChI is InChI=1S/C21H27NO6/c1-11(2)18(22-20(25)28-21(5,6)7)19(24)27-15-9-12(3)8-14-17(15)13(4)10-16(23)26-14/h8-11,18H,1-7H3,(H,22,25)/t18-/m0/s1. The fourth-order valence-electron chi connectivity index (χ4n) is 2.76. The number of hydrogen-bond acceptors (Lipinski definition) is 6. The molecule has 1 atom stereocenters. The molecule has 1 aromatic carbocycles. The van der Waals surface area contributed by atoms with Crippen molar-refractivity contribution in [1.82, 2.24) is 5.32 Å². The summed E-state index contributed by atoms with van der Waals surface area (Å²) in [5.41, 5.74) is 0.589. The van der Waals surface area contributed by atoms with E-state index in [-0.39, 0.29) is 11.7 Å². The number of fused-ring (bicyclic) bond motifs is 1. The van der Waals surface area contributed by atoms with Gasteiger partial charge in [0, 0.05) is 6.07 Å². The van der Waals surface area contributed by atoms with Gasteiger partial charge in [0.05, 0.1) is 5.39 Å². The number of benzene rings is 1. The third kappa shape index (κ3) is 5.34. The molecule has 1 N–H and O–H groups in total. The van der Waals surface area contributed by atoms with Crippen LogP contribution in [0.4, 0.5) is 4.79 Å². The van der Waals surface area contributed by atoms with Crippen molar-refractivity contribution in [2.24, 2.45) is 5.92 Å². The second kappa shape index (κ2) is 8.04. The van der Waals surface area contributed by atoms with Crippen LogP contribution in [0.25, 0.3) is 11.0 Å². The van der Waals surface area contributed by atoms with Gasteiger partial charge in [0.25, 0.3) is 0 Å². The lowest BCUT2D eigenvalue weighted by atomic mass is 10.0. The van der Waals surface area contributed by atoms with Crippen molar-refractivity contribution in [3.05, 3.63) is 39.7 Å². The van der Waals surface area contributed by atoms with Gasteiger partial charge in [-0.1, -0.05) is 13.8 Å². The van der Waals surface area contributed by atoms with E-state index in [1.54, 1.807) is 60.6 Å². The predicted molar refractivity (Wildman–Crippen MR) is 106 cm³/mol. The first-order chi connectivity index (χ1) is 12.9. The number of rotatable bonds is 4. The monoisotopic (exact) mass is 389 g/mol. The molecule has 1 heterocycles. The largest absolute Gasteiger partial charge is 0.444 e. The molecule has 0 saturated heterocycles. The van der Waals surface area contributed by atoms with Gasteiger partial charge in [0.15, 0.2) is 0 Å². The lowest BCUT2D eigenvalue weighted by Gasteiger charge is -2.24. The first-order valence-corrected chi connectivity index (χ1v) is 9.13. The van der Waals surface area contributed by atoms with Crippen LogP contribution in [0.3, 0.4) is 0 Å². The lowest BCUT2D eigenvalue weighted by molar-refractivity contribution is -0.137. The minimum absolute atomic E-state index is 0.227. The minimum Gasteiger partial charge on any atom is -0.444 e. The second-order valence-corrected chi connectivity index (χ2v) is 8.17. The van der Waals surface area contributed by atoms with Crippen molar-refractivity contribution in [3.63, 3.8) is 0 Å². The van der Waals surface area contributed by atoms with Crippen LogP contribution in [0.15, 0.2) is 27.4 Å². The molecule has 0 fully saturated rings. The van der Waals surface area contributed by atoms with Crippen molar-refractivity contribution in [3.8, 4) is 5.75 Å². The van der Waals surface area contributed by atoms with Crippen LogP contribution in [-0.4, -0.2) is 23.7 Å². The molecule has 0 saturated carbocycles. The van der Waals surface area contributed by atoms with E-state index in [1.165, 1.54) is 6.07 Å². The number of hydrogen-bond donors (Lipinski definition) is 1. The molecule has 0 radical (unpaired) electrons. The van der Waals surface area contributed by atoms with Crippen LogP contribution in [0.2, 0.25) is 0 Å². The molecule has 0 spiro atoms. The molecule has 28 heavy (non-hydrogen) atoms. The maximum absolute atomic E-state index is 12.8. The lowest BCUT2D eigenvalue weighted by Crippen LogP contribution is -2.48. The summed E-state index contributed by atoms with van der Waals surface area (Å²) in [6.45, 7) is 12.4. The van der Waals surface area contributed by atoms with E-state index in [0.717, 1.165) is 5.56 Å². The number of alkyl carbamates (subject to hydrolysis) is 1. The van der Waals surface area contributed by atoms with E-state index in [9.17, 15) is 14.4 Å². The summed E-state index contributed by atoms with van der Waals surface area (Å²) in [5.74, 6) is -0.577. The number of aryl methyl sites for hydroxylation is 2. The molecule has 0 unspecified atom stereocenters. The Balaban J connectivity index is 2.33. The van der Waals surface area contributed by atoms with Crippen LogP contribution >= 0.6 is 0 Å². The molecule has 0 bridgehead atoms. The molecule has 1 aromatic heterocycles. The maximum atomic E-state index is 12.8. The Labute approximate surface area is 164 Å². The topological polar surface area (TPSA) is 94.8 Å². The smallest absolute Gasteiger partial charge is 0.408 e. The minimum atomic E-state index is -0.901. The quantitative estimate of drug-likeness (QED) is 0.485. The van der Waals surface area contributed by atoms with Crippen molar-refractivity contribution >= 4 is 23.0 Å². The average molecular weight is 389 g/mol. The average Bonchev–Trinajstić information content (AvgIpc) is 2.49. The van der Waals surface area contributed by atoms with Gasteiger partial charge in [-0.3, -0.25) is 0 Å². The van der Waals surface area contributed by atoms with Crippen LogP contribution in [0.1, 0.15) is 45.7 Å². The van der Waals surface area contributed by atoms with Gasteiger partial charge in [-0.05, 0) is 63.8 Å². The molecule has 152 valence electrons. The summed E-state index contributed by atoms with van der Waals surface area (Å²) in [5, 5.41) is 3.11. The van der Waals surface area contributed by atoms with Crippen LogP contribution in [0, 0.1) is 19.8 Å². The molecule has 0 aliphatic carbocycles. The Hall–Kier alpha value is -2.83. The van der Waals surface area contributed by atoms with Gasteiger partial charge in [0.2, 0.25) is 0 Å². The van der Waals surface area contributed by atoms with E-state index < -0.39 is 29.3 Å². The highest BCUT2D eigenvalue weighted by Crippen LogP contribution is 2.30. The summed E-state index contributed by atoms with van der Waals surface area (Å²) >= 11 is 0. The molecule has 7 nitrogen and oxygen atoms in total. The molecule has 7 heteroatoms. The van der Waals surface area contributed by atoms with Gasteiger partial charge in [0.1, 0.15) is 23.0 Å². The first kappa shape index (κ1) is 21.5. The van der Waals surface area contributed by atoms with Crippen LogP contribution in [-0.2, 0) is 9.53 Å². The summed E-state index contributed by atoms with van der Waals surface area (Å²) < 4.78 is 16.1. The number of nitrogens with one attached hydrogen (secondary N) is 1. The normalized spacial score (nSPS) is 12.7. The fourth-order valence-corrected chi connectivity index (χ4v) is 2.76.